The van der Waals surface area contributed by atoms with Crippen LogP contribution >= 0.6 is 11.6 Å². The number of aromatic amines is 1. The van der Waals surface area contributed by atoms with Crippen LogP contribution in [0.1, 0.15) is 5.56 Å². The molecule has 4 heteroatoms. The maximum atomic E-state index is 8.46. The molecule has 3 nitrogen and oxygen atoms in total. The van der Waals surface area contributed by atoms with Gasteiger partial charge in [0.15, 0.2) is 5.17 Å². The van der Waals surface area contributed by atoms with E-state index >= 15 is 0 Å². The van der Waals surface area contributed by atoms with Gasteiger partial charge in [0, 0.05) is 22.7 Å². The summed E-state index contributed by atoms with van der Waals surface area (Å²) in [5, 5.41) is 12.5. The first kappa shape index (κ1) is 8.13. The topological polar surface area (TPSA) is 48.4 Å². The van der Waals surface area contributed by atoms with Gasteiger partial charge in [0.2, 0.25) is 0 Å². The molecule has 13 heavy (non-hydrogen) atoms. The lowest BCUT2D eigenvalue weighted by Gasteiger charge is -1.95. The molecule has 1 aromatic carbocycles. The molecule has 0 unspecified atom stereocenters. The number of H-pyrrole nitrogens is 1. The molecular weight excluding hydrogens is 188 g/mol. The zero-order valence-corrected chi connectivity index (χ0v) is 7.42. The number of nitrogens with one attached hydrogen (secondary N) is 1. The van der Waals surface area contributed by atoms with Crippen LogP contribution in [0.3, 0.4) is 0 Å². The first-order valence-electron chi connectivity index (χ1n) is 3.76. The highest BCUT2D eigenvalue weighted by Gasteiger charge is 2.01. The van der Waals surface area contributed by atoms with Crippen LogP contribution in [0.5, 0.6) is 0 Å². The van der Waals surface area contributed by atoms with Crippen LogP contribution in [-0.2, 0) is 0 Å². The molecule has 0 amide bonds. The smallest absolute Gasteiger partial charge is 0.175 e. The van der Waals surface area contributed by atoms with E-state index in [4.69, 9.17) is 16.8 Å². The zero-order valence-electron chi connectivity index (χ0n) is 6.66. The Hall–Kier alpha value is -1.48. The largest absolute Gasteiger partial charge is 0.410 e. The number of hydrogen-bond acceptors (Lipinski definition) is 2. The van der Waals surface area contributed by atoms with Gasteiger partial charge < -0.3 is 10.2 Å². The maximum absolute atomic E-state index is 8.46. The molecule has 0 spiro atoms. The number of rotatable bonds is 1. The van der Waals surface area contributed by atoms with Gasteiger partial charge in [-0.3, -0.25) is 0 Å². The summed E-state index contributed by atoms with van der Waals surface area (Å²) in [7, 11) is 0. The lowest BCUT2D eigenvalue weighted by Crippen LogP contribution is -1.89. The summed E-state index contributed by atoms with van der Waals surface area (Å²) in [4.78, 5) is 3.06. The minimum atomic E-state index is 0.100. The maximum Gasteiger partial charge on any atom is 0.175 e. The lowest BCUT2D eigenvalue weighted by molar-refractivity contribution is 0.321. The fourth-order valence-corrected chi connectivity index (χ4v) is 1.36. The molecule has 0 aliphatic rings. The van der Waals surface area contributed by atoms with Gasteiger partial charge in [0.25, 0.3) is 0 Å². The average Bonchev–Trinajstić information content (AvgIpc) is 2.63. The summed E-state index contributed by atoms with van der Waals surface area (Å²) in [5.74, 6) is 0. The Morgan fingerprint density at radius 2 is 2.23 bits per heavy atom. The minimum Gasteiger partial charge on any atom is -0.410 e. The van der Waals surface area contributed by atoms with Gasteiger partial charge in [-0.1, -0.05) is 16.8 Å². The number of halogens is 1. The first-order valence-corrected chi connectivity index (χ1v) is 4.14. The van der Waals surface area contributed by atoms with Gasteiger partial charge in [-0.25, -0.2) is 0 Å². The van der Waals surface area contributed by atoms with Crippen LogP contribution < -0.4 is 0 Å². The van der Waals surface area contributed by atoms with E-state index in [1.54, 1.807) is 6.07 Å². The molecule has 0 saturated heterocycles. The highest BCUT2D eigenvalue weighted by Crippen LogP contribution is 2.15. The normalized spacial score (nSPS) is 12.2. The van der Waals surface area contributed by atoms with Crippen molar-refractivity contribution in [1.29, 1.82) is 0 Å². The van der Waals surface area contributed by atoms with Crippen LogP contribution in [0, 0.1) is 0 Å². The molecule has 66 valence electrons. The zero-order chi connectivity index (χ0) is 9.26. The molecule has 1 heterocycles. The summed E-state index contributed by atoms with van der Waals surface area (Å²) in [6, 6.07) is 7.47. The molecule has 1 aromatic heterocycles. The summed E-state index contributed by atoms with van der Waals surface area (Å²) in [6.45, 7) is 0. The molecule has 0 aliphatic carbocycles. The van der Waals surface area contributed by atoms with Gasteiger partial charge >= 0.3 is 0 Å². The van der Waals surface area contributed by atoms with E-state index in [-0.39, 0.29) is 5.17 Å². The van der Waals surface area contributed by atoms with Crippen molar-refractivity contribution in [2.75, 3.05) is 0 Å². The molecule has 0 fully saturated rings. The third-order valence-electron chi connectivity index (χ3n) is 1.88. The molecular formula is C9H7ClN2O. The van der Waals surface area contributed by atoms with Crippen LogP contribution in [0.25, 0.3) is 10.9 Å². The van der Waals surface area contributed by atoms with E-state index in [0.29, 0.717) is 5.56 Å². The fourth-order valence-electron chi connectivity index (χ4n) is 1.24. The Labute approximate surface area is 79.6 Å². The van der Waals surface area contributed by atoms with E-state index in [9.17, 15) is 0 Å². The highest BCUT2D eigenvalue weighted by molar-refractivity contribution is 6.69. The molecule has 0 atom stereocenters. The van der Waals surface area contributed by atoms with E-state index in [2.05, 4.69) is 10.1 Å². The summed E-state index contributed by atoms with van der Waals surface area (Å²) in [6.07, 6.45) is 1.85. The third-order valence-corrected chi connectivity index (χ3v) is 2.17. The standard InChI is InChI=1S/C9H7ClN2O/c10-9(12-13)7-1-2-8-6(5-7)3-4-11-8/h1-5,11,13H. The predicted octanol–water partition coefficient (Wildman–Crippen LogP) is 2.54. The summed E-state index contributed by atoms with van der Waals surface area (Å²) < 4.78 is 0. The minimum absolute atomic E-state index is 0.100. The van der Waals surface area contributed by atoms with Crippen molar-refractivity contribution in [3.05, 3.63) is 36.0 Å². The highest BCUT2D eigenvalue weighted by atomic mass is 35.5. The van der Waals surface area contributed by atoms with Crippen LogP contribution in [0.2, 0.25) is 0 Å². The lowest BCUT2D eigenvalue weighted by atomic mass is 10.2. The van der Waals surface area contributed by atoms with Crippen LogP contribution in [-0.4, -0.2) is 15.4 Å². The van der Waals surface area contributed by atoms with Crippen molar-refractivity contribution in [2.45, 2.75) is 0 Å². The van der Waals surface area contributed by atoms with Crippen LogP contribution in [0.15, 0.2) is 35.6 Å². The number of fused-ring (bicyclic) bond motifs is 1. The number of nitrogens with zero attached hydrogens (tertiary/aromatic N) is 1. The predicted molar refractivity (Wildman–Crippen MR) is 52.5 cm³/mol. The fraction of sp³-hybridized carbons (Fsp3) is 0. The Kier molecular flexibility index (Phi) is 1.94. The van der Waals surface area contributed by atoms with E-state index in [1.807, 2.05) is 24.4 Å². The van der Waals surface area contributed by atoms with Crippen molar-refractivity contribution in [3.63, 3.8) is 0 Å². The SMILES string of the molecule is ON=C(Cl)c1ccc2[nH]ccc2c1. The van der Waals surface area contributed by atoms with E-state index < -0.39 is 0 Å². The van der Waals surface area contributed by atoms with Gasteiger partial charge in [-0.05, 0) is 24.3 Å². The second-order valence-corrected chi connectivity index (χ2v) is 3.03. The van der Waals surface area contributed by atoms with E-state index in [1.165, 1.54) is 0 Å². The van der Waals surface area contributed by atoms with Gasteiger partial charge in [0.05, 0.1) is 0 Å². The van der Waals surface area contributed by atoms with Crippen molar-refractivity contribution >= 4 is 27.7 Å². The van der Waals surface area contributed by atoms with Gasteiger partial charge in [-0.2, -0.15) is 0 Å². The van der Waals surface area contributed by atoms with Crippen molar-refractivity contribution in [2.24, 2.45) is 5.16 Å². The molecule has 0 saturated carbocycles. The molecule has 0 radical (unpaired) electrons. The summed E-state index contributed by atoms with van der Waals surface area (Å²) in [5.41, 5.74) is 1.74. The molecule has 2 N–H and O–H groups in total. The monoisotopic (exact) mass is 194 g/mol. The van der Waals surface area contributed by atoms with Gasteiger partial charge in [0.1, 0.15) is 0 Å². The quantitative estimate of drug-likeness (QED) is 0.409. The first-order chi connectivity index (χ1) is 6.31. The molecule has 2 aromatic rings. The average molecular weight is 195 g/mol. The van der Waals surface area contributed by atoms with Crippen molar-refractivity contribution in [1.82, 2.24) is 4.98 Å². The molecule has 2 rings (SSSR count). The molecule has 0 bridgehead atoms. The number of oxime groups is 1. The second-order valence-electron chi connectivity index (χ2n) is 2.67. The summed E-state index contributed by atoms with van der Waals surface area (Å²) >= 11 is 5.65. The Balaban J connectivity index is 2.60. The number of aromatic nitrogens is 1. The Morgan fingerprint density at radius 1 is 1.38 bits per heavy atom. The Morgan fingerprint density at radius 3 is 3.00 bits per heavy atom. The number of hydrogen-bond donors (Lipinski definition) is 2. The third kappa shape index (κ3) is 1.38. The second kappa shape index (κ2) is 3.11. The number of benzene rings is 1. The van der Waals surface area contributed by atoms with E-state index in [0.717, 1.165) is 10.9 Å². The Bertz CT molecular complexity index is 461. The molecule has 0 aliphatic heterocycles. The van der Waals surface area contributed by atoms with Crippen molar-refractivity contribution in [3.8, 4) is 0 Å². The van der Waals surface area contributed by atoms with Crippen molar-refractivity contribution < 1.29 is 5.21 Å². The van der Waals surface area contributed by atoms with Gasteiger partial charge in [-0.15, -0.1) is 0 Å². The van der Waals surface area contributed by atoms with Crippen LogP contribution in [0.4, 0.5) is 0 Å².